The van der Waals surface area contributed by atoms with Crippen molar-refractivity contribution in [2.24, 2.45) is 5.73 Å². The Balaban J connectivity index is -0.00000180. The van der Waals surface area contributed by atoms with E-state index >= 15 is 0 Å². The van der Waals surface area contributed by atoms with Crippen LogP contribution < -0.4 is 62.4 Å². The van der Waals surface area contributed by atoms with Crippen molar-refractivity contribution in [1.82, 2.24) is 5.32 Å². The largest absolute Gasteiger partial charge is 1.00 e. The van der Waals surface area contributed by atoms with Gasteiger partial charge in [-0.3, -0.25) is 9.59 Å². The fourth-order valence-corrected chi connectivity index (χ4v) is 1.76. The summed E-state index contributed by atoms with van der Waals surface area (Å²) in [6, 6.07) is -0.868. The third-order valence-corrected chi connectivity index (χ3v) is 2.87. The summed E-state index contributed by atoms with van der Waals surface area (Å²) in [5.74, 6) is -2.19. The predicted molar refractivity (Wildman–Crippen MR) is 74.3 cm³/mol. The molecule has 0 spiro atoms. The average molecular weight is 328 g/mol. The summed E-state index contributed by atoms with van der Waals surface area (Å²) in [5.41, 5.74) is 5.33. The Hall–Kier alpha value is 0.00636. The van der Waals surface area contributed by atoms with Gasteiger partial charge in [-0.25, -0.2) is 4.79 Å². The van der Waals surface area contributed by atoms with Gasteiger partial charge in [-0.05, 0) is 38.6 Å². The molecular weight excluding hydrogens is 303 g/mol. The fraction of sp³-hybridized carbons (Fsp3) is 0.769. The molecule has 8 heteroatoms. The minimum Gasteiger partial charge on any atom is -1.00 e. The van der Waals surface area contributed by atoms with Gasteiger partial charge >= 0.3 is 63.3 Å². The molecule has 7 nitrogen and oxygen atoms in total. The molecule has 0 aromatic heterocycles. The molecule has 0 aromatic carbocycles. The number of carboxylic acid groups (broad SMARTS) is 2. The summed E-state index contributed by atoms with van der Waals surface area (Å²) in [7, 11) is 0. The normalized spacial score (nSPS) is 11.3. The van der Waals surface area contributed by atoms with Crippen molar-refractivity contribution >= 4 is 17.8 Å². The molecule has 0 rings (SSSR count). The van der Waals surface area contributed by atoms with Gasteiger partial charge in [0.15, 0.2) is 0 Å². The summed E-state index contributed by atoms with van der Waals surface area (Å²) >= 11 is 0. The molecule has 0 bridgehead atoms. The van der Waals surface area contributed by atoms with Crippen molar-refractivity contribution in [1.29, 1.82) is 0 Å². The number of carbonyl (C=O) groups excluding carboxylic acids is 1. The zero-order chi connectivity index (χ0) is 15.4. The van der Waals surface area contributed by atoms with E-state index in [0.717, 1.165) is 6.42 Å². The van der Waals surface area contributed by atoms with Crippen molar-refractivity contribution in [2.45, 2.75) is 57.4 Å². The summed E-state index contributed by atoms with van der Waals surface area (Å²) < 4.78 is 0. The molecule has 21 heavy (non-hydrogen) atoms. The molecule has 0 saturated carbocycles. The van der Waals surface area contributed by atoms with Crippen LogP contribution in [0.15, 0.2) is 0 Å². The molecular formula is C13H25KN2O5. The number of hydrogen-bond donors (Lipinski definition) is 4. The number of aliphatic carboxylic acids is 2. The van der Waals surface area contributed by atoms with Crippen LogP contribution in [0.1, 0.15) is 52.8 Å². The Kier molecular flexibility index (Phi) is 16.5. The minimum atomic E-state index is -1.04. The van der Waals surface area contributed by atoms with Crippen molar-refractivity contribution in [3.05, 3.63) is 0 Å². The zero-order valence-electron chi connectivity index (χ0n) is 13.6. The van der Waals surface area contributed by atoms with Gasteiger partial charge in [-0.1, -0.05) is 6.42 Å². The second-order valence-electron chi connectivity index (χ2n) is 4.70. The number of unbranched alkanes of at least 4 members (excludes halogenated alkanes) is 3. The fourth-order valence-electron chi connectivity index (χ4n) is 1.76. The second kappa shape index (κ2) is 14.9. The maximum atomic E-state index is 11.6. The number of amides is 1. The van der Waals surface area contributed by atoms with Gasteiger partial charge in [0.1, 0.15) is 6.04 Å². The molecule has 0 fully saturated rings. The smallest absolute Gasteiger partial charge is 1.00 e. The number of nitrogens with two attached hydrogens (primary N) is 1. The van der Waals surface area contributed by atoms with E-state index in [-0.39, 0.29) is 71.6 Å². The zero-order valence-corrected chi connectivity index (χ0v) is 15.8. The van der Waals surface area contributed by atoms with E-state index in [0.29, 0.717) is 38.6 Å². The van der Waals surface area contributed by atoms with Crippen LogP contribution in [0.4, 0.5) is 0 Å². The van der Waals surface area contributed by atoms with Gasteiger partial charge in [0.25, 0.3) is 0 Å². The Morgan fingerprint density at radius 1 is 1.00 bits per heavy atom. The van der Waals surface area contributed by atoms with Crippen LogP contribution in [-0.4, -0.2) is 40.6 Å². The van der Waals surface area contributed by atoms with Crippen LogP contribution in [0.25, 0.3) is 0 Å². The predicted octanol–water partition coefficient (Wildman–Crippen LogP) is -2.16. The Morgan fingerprint density at radius 2 is 1.62 bits per heavy atom. The summed E-state index contributed by atoms with van der Waals surface area (Å²) in [6.07, 6.45) is 3.82. The third-order valence-electron chi connectivity index (χ3n) is 2.87. The number of hydrogen-bond acceptors (Lipinski definition) is 4. The maximum absolute atomic E-state index is 11.6. The quantitative estimate of drug-likeness (QED) is 0.238. The van der Waals surface area contributed by atoms with Crippen LogP contribution in [0.3, 0.4) is 0 Å². The van der Waals surface area contributed by atoms with E-state index in [1.165, 1.54) is 0 Å². The van der Waals surface area contributed by atoms with Crippen molar-refractivity contribution in [3.8, 4) is 0 Å². The first kappa shape index (κ1) is 23.3. The topological polar surface area (TPSA) is 130 Å². The number of rotatable bonds is 12. The van der Waals surface area contributed by atoms with Crippen molar-refractivity contribution < 1.29 is 77.4 Å². The SMILES string of the molecule is NCCCC[C@H](NC(=O)CCCCCC(=O)O)C(=O)O.[H-].[K+]. The molecule has 0 saturated heterocycles. The number of carbonyl (C=O) groups is 3. The Bertz CT molecular complexity index is 332. The van der Waals surface area contributed by atoms with Gasteiger partial charge in [-0.2, -0.15) is 0 Å². The molecule has 118 valence electrons. The maximum Gasteiger partial charge on any atom is 1.00 e. The molecule has 1 amide bonds. The van der Waals surface area contributed by atoms with Gasteiger partial charge in [0.05, 0.1) is 0 Å². The first-order valence-electron chi connectivity index (χ1n) is 6.91. The second-order valence-corrected chi connectivity index (χ2v) is 4.70. The van der Waals surface area contributed by atoms with Crippen LogP contribution >= 0.6 is 0 Å². The molecule has 0 unspecified atom stereocenters. The van der Waals surface area contributed by atoms with Crippen molar-refractivity contribution in [3.63, 3.8) is 0 Å². The van der Waals surface area contributed by atoms with Gasteiger partial charge in [-0.15, -0.1) is 0 Å². The summed E-state index contributed by atoms with van der Waals surface area (Å²) in [5, 5.41) is 19.9. The molecule has 5 N–H and O–H groups in total. The Labute approximate surface area is 168 Å². The third kappa shape index (κ3) is 14.7. The van der Waals surface area contributed by atoms with Crippen LogP contribution in [0.5, 0.6) is 0 Å². The monoisotopic (exact) mass is 328 g/mol. The van der Waals surface area contributed by atoms with Gasteiger partial charge in [0.2, 0.25) is 5.91 Å². The molecule has 0 heterocycles. The van der Waals surface area contributed by atoms with E-state index in [2.05, 4.69) is 5.32 Å². The molecule has 0 aliphatic heterocycles. The standard InChI is InChI=1S/C13H24N2O5.K.H/c14-9-5-4-6-10(13(19)20)15-11(16)7-2-1-3-8-12(17)18;;/h10H,1-9,14H2,(H,15,16)(H,17,18)(H,19,20);;/q;+1;-1/t10-;;/m0../s1. The first-order valence-corrected chi connectivity index (χ1v) is 6.91. The van der Waals surface area contributed by atoms with Crippen LogP contribution in [0, 0.1) is 0 Å². The van der Waals surface area contributed by atoms with E-state index in [1.807, 2.05) is 0 Å². The summed E-state index contributed by atoms with van der Waals surface area (Å²) in [4.78, 5) is 32.8. The van der Waals surface area contributed by atoms with E-state index in [9.17, 15) is 14.4 Å². The van der Waals surface area contributed by atoms with Gasteiger partial charge in [0, 0.05) is 12.8 Å². The molecule has 0 aliphatic rings. The average Bonchev–Trinajstić information content (AvgIpc) is 2.36. The van der Waals surface area contributed by atoms with E-state index in [4.69, 9.17) is 15.9 Å². The summed E-state index contributed by atoms with van der Waals surface area (Å²) in [6.45, 7) is 0.504. The molecule has 0 aliphatic carbocycles. The van der Waals surface area contributed by atoms with E-state index in [1.54, 1.807) is 0 Å². The molecule has 0 radical (unpaired) electrons. The van der Waals surface area contributed by atoms with Crippen LogP contribution in [-0.2, 0) is 14.4 Å². The van der Waals surface area contributed by atoms with Crippen molar-refractivity contribution in [2.75, 3.05) is 6.54 Å². The minimum absolute atomic E-state index is 0. The molecule has 1 atom stereocenters. The number of carboxylic acids is 2. The number of nitrogens with one attached hydrogen (secondary N) is 1. The van der Waals surface area contributed by atoms with E-state index < -0.39 is 18.0 Å². The Morgan fingerprint density at radius 3 is 2.14 bits per heavy atom. The molecule has 0 aromatic rings. The van der Waals surface area contributed by atoms with Crippen LogP contribution in [0.2, 0.25) is 0 Å². The van der Waals surface area contributed by atoms with Gasteiger partial charge < -0.3 is 22.7 Å². The first-order chi connectivity index (χ1) is 9.47.